The van der Waals surface area contributed by atoms with Gasteiger partial charge in [-0.2, -0.15) is 0 Å². The molecule has 8 nitrogen and oxygen atoms in total. The minimum atomic E-state index is -3.84. The third kappa shape index (κ3) is 5.12. The van der Waals surface area contributed by atoms with Crippen LogP contribution in [0, 0.1) is 10.1 Å². The molecular weight excluding hydrogens is 429 g/mol. The number of nitro groups is 1. The van der Waals surface area contributed by atoms with Gasteiger partial charge in [0, 0.05) is 17.2 Å². The second kappa shape index (κ2) is 8.76. The summed E-state index contributed by atoms with van der Waals surface area (Å²) in [4.78, 5) is 23.2. The highest BCUT2D eigenvalue weighted by molar-refractivity contribution is 7.92. The van der Waals surface area contributed by atoms with Crippen LogP contribution in [0.1, 0.15) is 13.3 Å². The Balaban J connectivity index is 2.43. The highest BCUT2D eigenvalue weighted by Gasteiger charge is 2.32. The molecule has 0 aliphatic rings. The zero-order valence-corrected chi connectivity index (χ0v) is 17.3. The van der Waals surface area contributed by atoms with E-state index in [-0.39, 0.29) is 28.5 Å². The van der Waals surface area contributed by atoms with Crippen molar-refractivity contribution in [2.24, 2.45) is 0 Å². The van der Waals surface area contributed by atoms with Gasteiger partial charge in [-0.1, -0.05) is 36.2 Å². The summed E-state index contributed by atoms with van der Waals surface area (Å²) in [7, 11) is -3.84. The summed E-state index contributed by atoms with van der Waals surface area (Å²) >= 11 is 12.0. The number of rotatable bonds is 7. The average Bonchev–Trinajstić information content (AvgIpc) is 2.59. The van der Waals surface area contributed by atoms with Crippen molar-refractivity contribution >= 4 is 56.2 Å². The standard InChI is InChI=1S/C17H17Cl2N3O5S/c1-3-16(21(28(2,26)27)12-6-4-5-11(18)9-12)17(23)20-15-10-13(22(24)25)7-8-14(15)19/h4-10,16H,3H2,1-2H3,(H,20,23)/t16-/m0/s1. The molecule has 0 spiro atoms. The monoisotopic (exact) mass is 445 g/mol. The van der Waals surface area contributed by atoms with Crippen molar-refractivity contribution in [1.29, 1.82) is 0 Å². The molecule has 1 N–H and O–H groups in total. The van der Waals surface area contributed by atoms with Gasteiger partial charge in [0.2, 0.25) is 15.9 Å². The fourth-order valence-electron chi connectivity index (χ4n) is 2.61. The van der Waals surface area contributed by atoms with Crippen LogP contribution < -0.4 is 9.62 Å². The lowest BCUT2D eigenvalue weighted by Crippen LogP contribution is -2.47. The lowest BCUT2D eigenvalue weighted by molar-refractivity contribution is -0.384. The maximum atomic E-state index is 12.8. The molecule has 150 valence electrons. The fourth-order valence-corrected chi connectivity index (χ4v) is 4.17. The third-order valence-electron chi connectivity index (χ3n) is 3.81. The number of non-ortho nitro benzene ring substituents is 1. The zero-order chi connectivity index (χ0) is 21.1. The van der Waals surface area contributed by atoms with Gasteiger partial charge in [-0.25, -0.2) is 8.42 Å². The Hall–Kier alpha value is -2.36. The molecule has 2 rings (SSSR count). The molecule has 1 amide bonds. The largest absolute Gasteiger partial charge is 0.323 e. The molecule has 11 heteroatoms. The number of anilines is 2. The lowest BCUT2D eigenvalue weighted by atomic mass is 10.1. The molecule has 2 aromatic rings. The molecule has 0 aliphatic carbocycles. The van der Waals surface area contributed by atoms with Crippen molar-refractivity contribution < 1.29 is 18.1 Å². The Bertz CT molecular complexity index is 1010. The Morgan fingerprint density at radius 1 is 1.25 bits per heavy atom. The summed E-state index contributed by atoms with van der Waals surface area (Å²) < 4.78 is 25.8. The van der Waals surface area contributed by atoms with Gasteiger partial charge in [0.25, 0.3) is 5.69 Å². The molecular formula is C17H17Cl2N3O5S. The maximum Gasteiger partial charge on any atom is 0.271 e. The van der Waals surface area contributed by atoms with Crippen LogP contribution in [0.2, 0.25) is 10.0 Å². The molecule has 0 saturated carbocycles. The number of nitrogens with zero attached hydrogens (tertiary/aromatic N) is 2. The van der Waals surface area contributed by atoms with E-state index in [1.807, 2.05) is 0 Å². The van der Waals surface area contributed by atoms with E-state index >= 15 is 0 Å². The first-order chi connectivity index (χ1) is 13.0. The van der Waals surface area contributed by atoms with Crippen molar-refractivity contribution in [3.05, 3.63) is 62.6 Å². The Morgan fingerprint density at radius 2 is 1.93 bits per heavy atom. The molecule has 0 heterocycles. The Morgan fingerprint density at radius 3 is 2.46 bits per heavy atom. The van der Waals surface area contributed by atoms with Crippen LogP contribution in [0.3, 0.4) is 0 Å². The summed E-state index contributed by atoms with van der Waals surface area (Å²) in [5.74, 6) is -0.685. The van der Waals surface area contributed by atoms with E-state index in [1.54, 1.807) is 19.1 Å². The highest BCUT2D eigenvalue weighted by atomic mass is 35.5. The zero-order valence-electron chi connectivity index (χ0n) is 14.9. The molecule has 0 aliphatic heterocycles. The van der Waals surface area contributed by atoms with Gasteiger partial charge in [-0.3, -0.25) is 19.2 Å². The van der Waals surface area contributed by atoms with Crippen LogP contribution in [-0.4, -0.2) is 31.5 Å². The molecule has 0 fully saturated rings. The SMILES string of the molecule is CC[C@@H](C(=O)Nc1cc([N+](=O)[O-])ccc1Cl)N(c1cccc(Cl)c1)S(C)(=O)=O. The van der Waals surface area contributed by atoms with Crippen LogP contribution in [0.15, 0.2) is 42.5 Å². The molecule has 0 bridgehead atoms. The first-order valence-corrected chi connectivity index (χ1v) is 10.6. The van der Waals surface area contributed by atoms with E-state index in [2.05, 4.69) is 5.32 Å². The van der Waals surface area contributed by atoms with Gasteiger partial charge in [-0.15, -0.1) is 0 Å². The number of sulfonamides is 1. The summed E-state index contributed by atoms with van der Waals surface area (Å²) in [5, 5.41) is 13.8. The van der Waals surface area contributed by atoms with Crippen molar-refractivity contribution in [3.63, 3.8) is 0 Å². The van der Waals surface area contributed by atoms with E-state index in [0.29, 0.717) is 5.02 Å². The van der Waals surface area contributed by atoms with E-state index in [0.717, 1.165) is 16.6 Å². The number of hydrogen-bond donors (Lipinski definition) is 1. The quantitative estimate of drug-likeness (QED) is 0.509. The van der Waals surface area contributed by atoms with Gasteiger partial charge in [0.05, 0.1) is 27.6 Å². The van der Waals surface area contributed by atoms with Crippen LogP contribution in [0.4, 0.5) is 17.1 Å². The van der Waals surface area contributed by atoms with E-state index in [1.165, 1.54) is 24.3 Å². The molecule has 2 aromatic carbocycles. The molecule has 0 aromatic heterocycles. The summed E-state index contributed by atoms with van der Waals surface area (Å²) in [6.45, 7) is 1.64. The van der Waals surface area contributed by atoms with Crippen LogP contribution in [-0.2, 0) is 14.8 Å². The summed E-state index contributed by atoms with van der Waals surface area (Å²) in [6, 6.07) is 8.56. The van der Waals surface area contributed by atoms with Crippen LogP contribution in [0.25, 0.3) is 0 Å². The van der Waals surface area contributed by atoms with Gasteiger partial charge in [0.1, 0.15) is 6.04 Å². The topological polar surface area (TPSA) is 110 Å². The number of amides is 1. The Labute approximate surface area is 172 Å². The van der Waals surface area contributed by atoms with Crippen molar-refractivity contribution in [3.8, 4) is 0 Å². The number of halogens is 2. The maximum absolute atomic E-state index is 12.8. The number of benzene rings is 2. The number of nitro benzene ring substituents is 1. The minimum absolute atomic E-state index is 0.0128. The second-order valence-electron chi connectivity index (χ2n) is 5.87. The molecule has 0 unspecified atom stereocenters. The van der Waals surface area contributed by atoms with E-state index in [4.69, 9.17) is 23.2 Å². The van der Waals surface area contributed by atoms with Gasteiger partial charge in [-0.05, 0) is 30.7 Å². The van der Waals surface area contributed by atoms with Gasteiger partial charge >= 0.3 is 0 Å². The van der Waals surface area contributed by atoms with Crippen molar-refractivity contribution in [1.82, 2.24) is 0 Å². The number of carbonyl (C=O) groups is 1. The van der Waals surface area contributed by atoms with E-state index in [9.17, 15) is 23.3 Å². The van der Waals surface area contributed by atoms with Crippen molar-refractivity contribution in [2.75, 3.05) is 15.9 Å². The molecule has 0 radical (unpaired) electrons. The smallest absolute Gasteiger partial charge is 0.271 e. The Kier molecular flexibility index (Phi) is 6.87. The summed E-state index contributed by atoms with van der Waals surface area (Å²) in [5.41, 5.74) is -0.0245. The number of hydrogen-bond acceptors (Lipinski definition) is 5. The predicted octanol–water partition coefficient (Wildman–Crippen LogP) is 4.08. The molecule has 1 atom stereocenters. The average molecular weight is 446 g/mol. The van der Waals surface area contributed by atoms with Gasteiger partial charge < -0.3 is 5.32 Å². The molecule has 28 heavy (non-hydrogen) atoms. The van der Waals surface area contributed by atoms with Crippen LogP contribution in [0.5, 0.6) is 0 Å². The van der Waals surface area contributed by atoms with Crippen molar-refractivity contribution in [2.45, 2.75) is 19.4 Å². The lowest BCUT2D eigenvalue weighted by Gasteiger charge is -2.30. The van der Waals surface area contributed by atoms with Gasteiger partial charge in [0.15, 0.2) is 0 Å². The first kappa shape index (κ1) is 21.9. The summed E-state index contributed by atoms with van der Waals surface area (Å²) in [6.07, 6.45) is 1.11. The second-order valence-corrected chi connectivity index (χ2v) is 8.58. The minimum Gasteiger partial charge on any atom is -0.323 e. The number of nitrogens with one attached hydrogen (secondary N) is 1. The van der Waals surface area contributed by atoms with E-state index < -0.39 is 26.9 Å². The molecule has 0 saturated heterocycles. The highest BCUT2D eigenvalue weighted by Crippen LogP contribution is 2.29. The normalized spacial score (nSPS) is 12.3. The fraction of sp³-hybridized carbons (Fsp3) is 0.235. The van der Waals surface area contributed by atoms with Crippen LogP contribution >= 0.6 is 23.2 Å². The first-order valence-electron chi connectivity index (χ1n) is 8.04. The predicted molar refractivity (Wildman–Crippen MR) is 110 cm³/mol. The third-order valence-corrected chi connectivity index (χ3v) is 5.56. The number of carbonyl (C=O) groups excluding carboxylic acids is 1.